The van der Waals surface area contributed by atoms with Crippen LogP contribution in [0.2, 0.25) is 0 Å². The molecule has 4 aromatic rings. The molecule has 1 radical (unpaired) electrons. The van der Waals surface area contributed by atoms with E-state index in [4.69, 9.17) is 0 Å². The van der Waals surface area contributed by atoms with Crippen LogP contribution in [0, 0.1) is 7.05 Å². The lowest BCUT2D eigenvalue weighted by atomic mass is 10.2. The first-order valence-electron chi connectivity index (χ1n) is 7.68. The normalized spacial score (nSPS) is 10.8. The predicted octanol–water partition coefficient (Wildman–Crippen LogP) is 2.69. The Morgan fingerprint density at radius 1 is 1.31 bits per heavy atom. The van der Waals surface area contributed by atoms with Crippen molar-refractivity contribution in [2.75, 3.05) is 5.32 Å². The van der Waals surface area contributed by atoms with Crippen LogP contribution in [-0.4, -0.2) is 35.4 Å². The first-order chi connectivity index (χ1) is 12.6. The maximum absolute atomic E-state index is 12.6. The van der Waals surface area contributed by atoms with Crippen molar-refractivity contribution < 1.29 is 4.79 Å². The van der Waals surface area contributed by atoms with Crippen LogP contribution in [-0.2, 0) is 7.05 Å². The first kappa shape index (κ1) is 16.2. The highest BCUT2D eigenvalue weighted by atomic mass is 32.1. The van der Waals surface area contributed by atoms with Gasteiger partial charge in [0.25, 0.3) is 5.91 Å². The van der Waals surface area contributed by atoms with E-state index < -0.39 is 0 Å². The zero-order chi connectivity index (χ0) is 18.1. The summed E-state index contributed by atoms with van der Waals surface area (Å²) in [5.41, 5.74) is 3.02. The van der Waals surface area contributed by atoms with Crippen LogP contribution in [0.4, 0.5) is 5.69 Å². The van der Waals surface area contributed by atoms with Gasteiger partial charge in [-0.1, -0.05) is 6.07 Å². The van der Waals surface area contributed by atoms with E-state index in [1.54, 1.807) is 41.9 Å². The number of amides is 1. The molecular formula is C17H14N7OS. The average molecular weight is 364 g/mol. The largest absolute Gasteiger partial charge is 0.317 e. The molecule has 0 unspecified atom stereocenters. The molecule has 4 aromatic heterocycles. The van der Waals surface area contributed by atoms with Crippen LogP contribution >= 0.6 is 11.3 Å². The number of aromatic nitrogens is 6. The summed E-state index contributed by atoms with van der Waals surface area (Å²) in [6.45, 7) is 0. The topological polar surface area (TPSA) is 90.5 Å². The summed E-state index contributed by atoms with van der Waals surface area (Å²) in [7, 11) is 5.48. The van der Waals surface area contributed by atoms with Crippen molar-refractivity contribution in [2.45, 2.75) is 0 Å². The molecule has 0 atom stereocenters. The van der Waals surface area contributed by atoms with Gasteiger partial charge < -0.3 is 5.32 Å². The minimum absolute atomic E-state index is 0.306. The zero-order valence-corrected chi connectivity index (χ0v) is 14.6. The summed E-state index contributed by atoms with van der Waals surface area (Å²) >= 11 is 1.37. The molecule has 0 saturated carbocycles. The molecular weight excluding hydrogens is 350 g/mol. The minimum atomic E-state index is -0.306. The molecule has 0 aliphatic carbocycles. The number of hydrogen-bond acceptors (Lipinski definition) is 6. The lowest BCUT2D eigenvalue weighted by molar-refractivity contribution is 0.102. The van der Waals surface area contributed by atoms with Gasteiger partial charge in [-0.3, -0.25) is 19.1 Å². The van der Waals surface area contributed by atoms with E-state index in [0.29, 0.717) is 27.8 Å². The van der Waals surface area contributed by atoms with Gasteiger partial charge in [0.05, 0.1) is 24.6 Å². The van der Waals surface area contributed by atoms with Crippen molar-refractivity contribution in [3.05, 3.63) is 61.1 Å². The quantitative estimate of drug-likeness (QED) is 0.601. The number of nitrogens with zero attached hydrogens (tertiary/aromatic N) is 6. The fourth-order valence-electron chi connectivity index (χ4n) is 2.44. The van der Waals surface area contributed by atoms with E-state index in [1.165, 1.54) is 16.0 Å². The highest BCUT2D eigenvalue weighted by Crippen LogP contribution is 2.26. The van der Waals surface area contributed by atoms with Crippen LogP contribution < -0.4 is 5.32 Å². The number of carbonyl (C=O) groups is 1. The standard InChI is InChI=1S/C17H14N7OS/c1-23-8-11(7-19-23)17-21-14(10-26-17)16(25)20-13-9-24(2)22-15(13)12-5-3-4-6-18-12/h3-10H,1H2,2H3,(H,20,25). The Labute approximate surface area is 153 Å². The van der Waals surface area contributed by atoms with Crippen molar-refractivity contribution in [2.24, 2.45) is 7.05 Å². The Balaban J connectivity index is 1.59. The fourth-order valence-corrected chi connectivity index (χ4v) is 3.22. The van der Waals surface area contributed by atoms with Gasteiger partial charge in [0.1, 0.15) is 16.4 Å². The Bertz CT molecular complexity index is 1060. The Kier molecular flexibility index (Phi) is 4.05. The van der Waals surface area contributed by atoms with E-state index in [2.05, 4.69) is 32.5 Å². The number of anilines is 1. The third-order valence-electron chi connectivity index (χ3n) is 3.60. The summed E-state index contributed by atoms with van der Waals surface area (Å²) < 4.78 is 3.08. The Morgan fingerprint density at radius 2 is 2.19 bits per heavy atom. The molecule has 1 N–H and O–H groups in total. The highest BCUT2D eigenvalue weighted by molar-refractivity contribution is 7.13. The molecule has 0 bridgehead atoms. The van der Waals surface area contributed by atoms with Gasteiger partial charge in [0, 0.05) is 36.6 Å². The van der Waals surface area contributed by atoms with E-state index >= 15 is 0 Å². The molecule has 0 aliphatic rings. The SMILES string of the molecule is [CH2]n1cc(-c2nc(C(=O)Nc3cn(C)nc3-c3ccccn3)cs2)cn1. The molecule has 8 nitrogen and oxygen atoms in total. The summed E-state index contributed by atoms with van der Waals surface area (Å²) in [4.78, 5) is 21.3. The van der Waals surface area contributed by atoms with E-state index in [9.17, 15) is 4.79 Å². The second kappa shape index (κ2) is 6.52. The third-order valence-corrected chi connectivity index (χ3v) is 4.49. The van der Waals surface area contributed by atoms with Crippen molar-refractivity contribution in [3.63, 3.8) is 0 Å². The van der Waals surface area contributed by atoms with Crippen molar-refractivity contribution in [1.29, 1.82) is 0 Å². The summed E-state index contributed by atoms with van der Waals surface area (Å²) in [6, 6.07) is 5.54. The second-order valence-electron chi connectivity index (χ2n) is 5.54. The number of aryl methyl sites for hydroxylation is 1. The lowest BCUT2D eigenvalue weighted by Crippen LogP contribution is -2.12. The number of carbonyl (C=O) groups excluding carboxylic acids is 1. The fraction of sp³-hybridized carbons (Fsp3) is 0.0588. The molecule has 4 heterocycles. The highest BCUT2D eigenvalue weighted by Gasteiger charge is 2.17. The van der Waals surface area contributed by atoms with Crippen LogP contribution in [0.25, 0.3) is 22.0 Å². The molecule has 26 heavy (non-hydrogen) atoms. The van der Waals surface area contributed by atoms with Gasteiger partial charge >= 0.3 is 0 Å². The number of nitrogens with one attached hydrogen (secondary N) is 1. The van der Waals surface area contributed by atoms with Gasteiger partial charge in [-0.05, 0) is 12.1 Å². The third kappa shape index (κ3) is 3.11. The number of thiazole rings is 1. The number of rotatable bonds is 4. The van der Waals surface area contributed by atoms with Crippen molar-refractivity contribution >= 4 is 22.9 Å². The van der Waals surface area contributed by atoms with E-state index in [1.807, 2.05) is 18.2 Å². The minimum Gasteiger partial charge on any atom is -0.317 e. The maximum atomic E-state index is 12.6. The van der Waals surface area contributed by atoms with Crippen LogP contribution in [0.1, 0.15) is 10.5 Å². The maximum Gasteiger partial charge on any atom is 0.275 e. The van der Waals surface area contributed by atoms with Crippen LogP contribution in [0.3, 0.4) is 0 Å². The molecule has 9 heteroatoms. The van der Waals surface area contributed by atoms with Gasteiger partial charge in [-0.2, -0.15) is 10.2 Å². The Hall–Kier alpha value is -3.33. The van der Waals surface area contributed by atoms with E-state index in [0.717, 1.165) is 5.56 Å². The molecule has 0 aliphatic heterocycles. The van der Waals surface area contributed by atoms with E-state index in [-0.39, 0.29) is 5.91 Å². The summed E-state index contributed by atoms with van der Waals surface area (Å²) in [5.74, 6) is -0.306. The summed E-state index contributed by atoms with van der Waals surface area (Å²) in [5, 5.41) is 13.7. The summed E-state index contributed by atoms with van der Waals surface area (Å²) in [6.07, 6.45) is 6.83. The molecule has 4 rings (SSSR count). The molecule has 0 spiro atoms. The molecule has 129 valence electrons. The number of hydrogen-bond donors (Lipinski definition) is 1. The number of pyridine rings is 1. The molecule has 1 amide bonds. The van der Waals surface area contributed by atoms with Crippen LogP contribution in [0.15, 0.2) is 48.4 Å². The van der Waals surface area contributed by atoms with Gasteiger partial charge in [-0.25, -0.2) is 4.98 Å². The Morgan fingerprint density at radius 3 is 2.92 bits per heavy atom. The lowest BCUT2D eigenvalue weighted by Gasteiger charge is -2.03. The van der Waals surface area contributed by atoms with Gasteiger partial charge in [0.15, 0.2) is 0 Å². The van der Waals surface area contributed by atoms with Crippen molar-refractivity contribution in [1.82, 2.24) is 29.5 Å². The van der Waals surface area contributed by atoms with Crippen molar-refractivity contribution in [3.8, 4) is 22.0 Å². The zero-order valence-electron chi connectivity index (χ0n) is 13.8. The average Bonchev–Trinajstić information content (AvgIpc) is 3.35. The smallest absolute Gasteiger partial charge is 0.275 e. The van der Waals surface area contributed by atoms with Crippen LogP contribution in [0.5, 0.6) is 0 Å². The first-order valence-corrected chi connectivity index (χ1v) is 8.56. The molecule has 0 aromatic carbocycles. The molecule has 0 fully saturated rings. The van der Waals surface area contributed by atoms with Gasteiger partial charge in [-0.15, -0.1) is 11.3 Å². The molecule has 0 saturated heterocycles. The van der Waals surface area contributed by atoms with Gasteiger partial charge in [0.2, 0.25) is 0 Å². The predicted molar refractivity (Wildman–Crippen MR) is 98.5 cm³/mol. The second-order valence-corrected chi connectivity index (χ2v) is 6.40. The monoisotopic (exact) mass is 364 g/mol.